The van der Waals surface area contributed by atoms with Crippen LogP contribution in [0.25, 0.3) is 0 Å². The Kier molecular flexibility index (Phi) is 9.59. The molecule has 2 aromatic rings. The van der Waals surface area contributed by atoms with Gasteiger partial charge in [0.15, 0.2) is 6.61 Å². The lowest BCUT2D eigenvalue weighted by atomic mass is 9.87. The third kappa shape index (κ3) is 7.24. The van der Waals surface area contributed by atoms with Crippen LogP contribution in [-0.4, -0.2) is 35.9 Å². The number of benzene rings is 2. The Balaban J connectivity index is 2.21. The summed E-state index contributed by atoms with van der Waals surface area (Å²) < 4.78 is 6.64. The summed E-state index contributed by atoms with van der Waals surface area (Å²) in [4.78, 5) is 27.4. The molecular weight excluding hydrogens is 492 g/mol. The number of halogens is 2. The van der Waals surface area contributed by atoms with Crippen molar-refractivity contribution in [3.63, 3.8) is 0 Å². The summed E-state index contributed by atoms with van der Waals surface area (Å²) in [5.74, 6) is 0.154. The van der Waals surface area contributed by atoms with Gasteiger partial charge in [-0.05, 0) is 70.1 Å². The molecule has 2 aromatic carbocycles. The van der Waals surface area contributed by atoms with Gasteiger partial charge in [0.05, 0.1) is 4.47 Å². The number of nitrogens with zero attached hydrogens (tertiary/aromatic N) is 1. The van der Waals surface area contributed by atoms with Gasteiger partial charge in [0.25, 0.3) is 5.91 Å². The summed E-state index contributed by atoms with van der Waals surface area (Å²) in [7, 11) is 0. The van der Waals surface area contributed by atoms with Crippen LogP contribution in [0, 0.1) is 0 Å². The number of carbonyl (C=O) groups is 2. The molecule has 0 bridgehead atoms. The van der Waals surface area contributed by atoms with Gasteiger partial charge in [-0.25, -0.2) is 0 Å². The molecule has 0 saturated carbocycles. The SMILES string of the molecule is CCNC(=O)[C@H](CC)N(Cc1ccc(Cl)cc1)C(=O)COc1ccc(C(C)(C)C)cc1Br. The molecule has 32 heavy (non-hydrogen) atoms. The number of hydrogen-bond donors (Lipinski definition) is 1. The van der Waals surface area contributed by atoms with Gasteiger partial charge in [-0.3, -0.25) is 9.59 Å². The average Bonchev–Trinajstić information content (AvgIpc) is 2.73. The second-order valence-corrected chi connectivity index (χ2v) is 9.94. The number of amides is 2. The van der Waals surface area contributed by atoms with Crippen molar-refractivity contribution in [2.45, 2.75) is 59.0 Å². The molecule has 2 rings (SSSR count). The Morgan fingerprint density at radius 2 is 1.78 bits per heavy atom. The van der Waals surface area contributed by atoms with Crippen LogP contribution < -0.4 is 10.1 Å². The zero-order valence-electron chi connectivity index (χ0n) is 19.4. The lowest BCUT2D eigenvalue weighted by Crippen LogP contribution is -2.50. The van der Waals surface area contributed by atoms with Crippen molar-refractivity contribution < 1.29 is 14.3 Å². The molecule has 0 unspecified atom stereocenters. The molecule has 0 fully saturated rings. The van der Waals surface area contributed by atoms with Crippen molar-refractivity contribution in [1.82, 2.24) is 10.2 Å². The number of hydrogen-bond acceptors (Lipinski definition) is 3. The molecule has 7 heteroatoms. The molecule has 5 nitrogen and oxygen atoms in total. The van der Waals surface area contributed by atoms with Gasteiger partial charge >= 0.3 is 0 Å². The zero-order valence-corrected chi connectivity index (χ0v) is 21.7. The molecule has 0 heterocycles. The topological polar surface area (TPSA) is 58.6 Å². The predicted molar refractivity (Wildman–Crippen MR) is 133 cm³/mol. The van der Waals surface area contributed by atoms with Crippen molar-refractivity contribution in [3.8, 4) is 5.75 Å². The normalized spacial score (nSPS) is 12.2. The molecule has 174 valence electrons. The molecule has 0 aromatic heterocycles. The Morgan fingerprint density at radius 3 is 2.31 bits per heavy atom. The number of ether oxygens (including phenoxy) is 1. The summed E-state index contributed by atoms with van der Waals surface area (Å²) in [5, 5.41) is 3.45. The van der Waals surface area contributed by atoms with Crippen LogP contribution in [0.4, 0.5) is 0 Å². The largest absolute Gasteiger partial charge is 0.483 e. The molecule has 0 spiro atoms. The third-order valence-corrected chi connectivity index (χ3v) is 6.02. The lowest BCUT2D eigenvalue weighted by Gasteiger charge is -2.30. The van der Waals surface area contributed by atoms with E-state index in [0.717, 1.165) is 15.6 Å². The summed E-state index contributed by atoms with van der Waals surface area (Å²) in [6.07, 6.45) is 0.495. The van der Waals surface area contributed by atoms with E-state index in [0.29, 0.717) is 30.3 Å². The van der Waals surface area contributed by atoms with E-state index < -0.39 is 6.04 Å². The number of carbonyl (C=O) groups excluding carboxylic acids is 2. The van der Waals surface area contributed by atoms with Gasteiger partial charge in [-0.1, -0.05) is 57.5 Å². The van der Waals surface area contributed by atoms with Gasteiger partial charge in [0, 0.05) is 18.1 Å². The van der Waals surface area contributed by atoms with Crippen molar-refractivity contribution in [2.75, 3.05) is 13.2 Å². The average molecular weight is 524 g/mol. The molecule has 0 aliphatic rings. The van der Waals surface area contributed by atoms with Crippen LogP contribution in [0.3, 0.4) is 0 Å². The number of rotatable bonds is 9. The molecule has 0 aliphatic heterocycles. The first kappa shape index (κ1) is 26.2. The first-order valence-corrected chi connectivity index (χ1v) is 12.0. The highest BCUT2D eigenvalue weighted by Crippen LogP contribution is 2.31. The fraction of sp³-hybridized carbons (Fsp3) is 0.440. The second-order valence-electron chi connectivity index (χ2n) is 8.65. The van der Waals surface area contributed by atoms with Gasteiger partial charge in [0.1, 0.15) is 11.8 Å². The zero-order chi connectivity index (χ0) is 23.9. The molecule has 1 N–H and O–H groups in total. The van der Waals surface area contributed by atoms with E-state index in [-0.39, 0.29) is 23.8 Å². The molecule has 0 aliphatic carbocycles. The predicted octanol–water partition coefficient (Wildman–Crippen LogP) is 5.72. The molecule has 0 radical (unpaired) electrons. The van der Waals surface area contributed by atoms with E-state index in [1.807, 2.05) is 44.2 Å². The highest BCUT2D eigenvalue weighted by molar-refractivity contribution is 9.10. The summed E-state index contributed by atoms with van der Waals surface area (Å²) in [5.41, 5.74) is 2.06. The first-order chi connectivity index (χ1) is 15.1. The maximum absolute atomic E-state index is 13.2. The van der Waals surface area contributed by atoms with Crippen LogP contribution >= 0.6 is 27.5 Å². The highest BCUT2D eigenvalue weighted by atomic mass is 79.9. The van der Waals surface area contributed by atoms with Crippen LogP contribution in [0.2, 0.25) is 5.02 Å². The van der Waals surface area contributed by atoms with Crippen LogP contribution in [0.5, 0.6) is 5.75 Å². The van der Waals surface area contributed by atoms with Crippen molar-refractivity contribution in [1.29, 1.82) is 0 Å². The van der Waals surface area contributed by atoms with Gasteiger partial charge < -0.3 is 15.0 Å². The lowest BCUT2D eigenvalue weighted by molar-refractivity contribution is -0.142. The molecular formula is C25H32BrClN2O3. The smallest absolute Gasteiger partial charge is 0.261 e. The second kappa shape index (κ2) is 11.7. The maximum atomic E-state index is 13.2. The Hall–Kier alpha value is -2.05. The molecule has 2 amide bonds. The Morgan fingerprint density at radius 1 is 1.12 bits per heavy atom. The number of nitrogens with one attached hydrogen (secondary N) is 1. The first-order valence-electron chi connectivity index (χ1n) is 10.8. The van der Waals surface area contributed by atoms with E-state index in [4.69, 9.17) is 16.3 Å². The monoisotopic (exact) mass is 522 g/mol. The van der Waals surface area contributed by atoms with E-state index in [1.54, 1.807) is 17.0 Å². The van der Waals surface area contributed by atoms with E-state index in [2.05, 4.69) is 42.0 Å². The third-order valence-electron chi connectivity index (χ3n) is 5.15. The molecule has 1 atom stereocenters. The maximum Gasteiger partial charge on any atom is 0.261 e. The standard InChI is InChI=1S/C25H32BrClN2O3/c1-6-21(24(31)28-7-2)29(15-17-8-11-19(27)12-9-17)23(30)16-32-22-13-10-18(14-20(22)26)25(3,4)5/h8-14,21H,6-7,15-16H2,1-5H3,(H,28,31)/t21-/m0/s1. The van der Waals surface area contributed by atoms with Crippen LogP contribution in [0.1, 0.15) is 52.2 Å². The summed E-state index contributed by atoms with van der Waals surface area (Å²) in [6.45, 7) is 10.8. The fourth-order valence-electron chi connectivity index (χ4n) is 3.30. The Bertz CT molecular complexity index is 926. The van der Waals surface area contributed by atoms with E-state index in [1.165, 1.54) is 0 Å². The molecule has 0 saturated heterocycles. The summed E-state index contributed by atoms with van der Waals surface area (Å²) in [6, 6.07) is 12.5. The van der Waals surface area contributed by atoms with Crippen molar-refractivity contribution in [3.05, 3.63) is 63.1 Å². The van der Waals surface area contributed by atoms with Gasteiger partial charge in [-0.2, -0.15) is 0 Å². The van der Waals surface area contributed by atoms with Crippen LogP contribution in [0.15, 0.2) is 46.9 Å². The van der Waals surface area contributed by atoms with Crippen molar-refractivity contribution in [2.24, 2.45) is 0 Å². The van der Waals surface area contributed by atoms with Crippen molar-refractivity contribution >= 4 is 39.3 Å². The minimum Gasteiger partial charge on any atom is -0.483 e. The van der Waals surface area contributed by atoms with Gasteiger partial charge in [0.2, 0.25) is 5.91 Å². The van der Waals surface area contributed by atoms with E-state index in [9.17, 15) is 9.59 Å². The van der Waals surface area contributed by atoms with E-state index >= 15 is 0 Å². The minimum atomic E-state index is -0.589. The number of likely N-dealkylation sites (N-methyl/N-ethyl adjacent to an activating group) is 1. The highest BCUT2D eigenvalue weighted by Gasteiger charge is 2.29. The Labute approximate surface area is 204 Å². The quantitative estimate of drug-likeness (QED) is 0.457. The summed E-state index contributed by atoms with van der Waals surface area (Å²) >= 11 is 9.54. The van der Waals surface area contributed by atoms with Gasteiger partial charge in [-0.15, -0.1) is 0 Å². The van der Waals surface area contributed by atoms with Crippen LogP contribution in [-0.2, 0) is 21.5 Å². The fourth-order valence-corrected chi connectivity index (χ4v) is 3.92. The minimum absolute atomic E-state index is 0.00718.